The second-order valence-electron chi connectivity index (χ2n) is 3.40. The first-order valence-electron chi connectivity index (χ1n) is 4.21. The molecule has 4 N–H and O–H groups in total. The Kier molecular flexibility index (Phi) is 2.38. The van der Waals surface area contributed by atoms with E-state index in [0.717, 1.165) is 17.7 Å². The van der Waals surface area contributed by atoms with Crippen LogP contribution in [0.25, 0.3) is 0 Å². The number of rotatable bonds is 2. The Morgan fingerprint density at radius 3 is 2.58 bits per heavy atom. The summed E-state index contributed by atoms with van der Waals surface area (Å²) in [7, 11) is 0. The van der Waals surface area contributed by atoms with Gasteiger partial charge in [-0.2, -0.15) is 0 Å². The molecule has 0 saturated heterocycles. The smallest absolute Gasteiger partial charge is 0.0379 e. The molecular formula is C10H16N2. The highest BCUT2D eigenvalue weighted by atomic mass is 14.7. The van der Waals surface area contributed by atoms with Crippen LogP contribution >= 0.6 is 0 Å². The molecule has 12 heavy (non-hydrogen) atoms. The Hall–Kier alpha value is -1.02. The molecule has 2 nitrogen and oxygen atoms in total. The molecule has 1 rings (SSSR count). The van der Waals surface area contributed by atoms with Crippen molar-refractivity contribution in [3.63, 3.8) is 0 Å². The SMILES string of the molecule is CCC(C)(N)c1cccc(N)c1. The summed E-state index contributed by atoms with van der Waals surface area (Å²) in [6, 6.07) is 7.75. The molecule has 0 aliphatic rings. The Morgan fingerprint density at radius 2 is 2.08 bits per heavy atom. The predicted molar refractivity (Wildman–Crippen MR) is 52.7 cm³/mol. The third-order valence-corrected chi connectivity index (χ3v) is 2.28. The Balaban J connectivity index is 3.03. The Morgan fingerprint density at radius 1 is 1.42 bits per heavy atom. The van der Waals surface area contributed by atoms with Crippen LogP contribution in [0.2, 0.25) is 0 Å². The maximum atomic E-state index is 6.05. The zero-order valence-electron chi connectivity index (χ0n) is 7.67. The van der Waals surface area contributed by atoms with Crippen molar-refractivity contribution in [3.8, 4) is 0 Å². The highest BCUT2D eigenvalue weighted by Gasteiger charge is 2.17. The van der Waals surface area contributed by atoms with Crippen LogP contribution in [0.5, 0.6) is 0 Å². The van der Waals surface area contributed by atoms with E-state index in [9.17, 15) is 0 Å². The van der Waals surface area contributed by atoms with E-state index in [4.69, 9.17) is 11.5 Å². The average Bonchev–Trinajstić information content (AvgIpc) is 2.05. The van der Waals surface area contributed by atoms with E-state index < -0.39 is 0 Å². The van der Waals surface area contributed by atoms with Gasteiger partial charge in [-0.15, -0.1) is 0 Å². The van der Waals surface area contributed by atoms with Gasteiger partial charge in [0, 0.05) is 11.2 Å². The largest absolute Gasteiger partial charge is 0.399 e. The highest BCUT2D eigenvalue weighted by molar-refractivity contribution is 5.42. The van der Waals surface area contributed by atoms with Gasteiger partial charge in [0.15, 0.2) is 0 Å². The summed E-state index contributed by atoms with van der Waals surface area (Å²) in [4.78, 5) is 0. The van der Waals surface area contributed by atoms with E-state index in [1.165, 1.54) is 0 Å². The van der Waals surface area contributed by atoms with Gasteiger partial charge < -0.3 is 11.5 Å². The van der Waals surface area contributed by atoms with Crippen molar-refractivity contribution in [1.29, 1.82) is 0 Å². The Bertz CT molecular complexity index is 266. The fourth-order valence-corrected chi connectivity index (χ4v) is 1.10. The molecule has 0 heterocycles. The van der Waals surface area contributed by atoms with Crippen LogP contribution in [0.3, 0.4) is 0 Å². The lowest BCUT2D eigenvalue weighted by Crippen LogP contribution is -2.31. The molecule has 0 aromatic heterocycles. The Labute approximate surface area is 73.6 Å². The number of anilines is 1. The molecule has 1 aromatic carbocycles. The van der Waals surface area contributed by atoms with E-state index in [0.29, 0.717) is 0 Å². The van der Waals surface area contributed by atoms with E-state index in [2.05, 4.69) is 6.92 Å². The molecule has 0 aliphatic carbocycles. The van der Waals surface area contributed by atoms with Crippen LogP contribution in [0, 0.1) is 0 Å². The summed E-state index contributed by atoms with van der Waals surface area (Å²) in [6.07, 6.45) is 0.913. The van der Waals surface area contributed by atoms with E-state index in [-0.39, 0.29) is 5.54 Å². The summed E-state index contributed by atoms with van der Waals surface area (Å²) < 4.78 is 0. The van der Waals surface area contributed by atoms with Gasteiger partial charge in [-0.25, -0.2) is 0 Å². The van der Waals surface area contributed by atoms with E-state index >= 15 is 0 Å². The summed E-state index contributed by atoms with van der Waals surface area (Å²) >= 11 is 0. The first-order chi connectivity index (χ1) is 5.56. The molecule has 66 valence electrons. The topological polar surface area (TPSA) is 52.0 Å². The van der Waals surface area contributed by atoms with Gasteiger partial charge >= 0.3 is 0 Å². The van der Waals surface area contributed by atoms with Crippen molar-refractivity contribution in [1.82, 2.24) is 0 Å². The molecule has 1 aromatic rings. The third kappa shape index (κ3) is 1.77. The van der Waals surface area contributed by atoms with Crippen LogP contribution < -0.4 is 11.5 Å². The minimum atomic E-state index is -0.255. The maximum Gasteiger partial charge on any atom is 0.0379 e. The molecule has 0 bridgehead atoms. The second-order valence-corrected chi connectivity index (χ2v) is 3.40. The summed E-state index contributed by atoms with van der Waals surface area (Å²) in [5.41, 5.74) is 13.3. The molecule has 1 unspecified atom stereocenters. The molecule has 0 amide bonds. The van der Waals surface area contributed by atoms with Gasteiger partial charge in [0.05, 0.1) is 0 Å². The number of nitrogen functional groups attached to an aromatic ring is 1. The van der Waals surface area contributed by atoms with Crippen LogP contribution in [-0.2, 0) is 5.54 Å². The standard InChI is InChI=1S/C10H16N2/c1-3-10(2,12)8-5-4-6-9(11)7-8/h4-7H,3,11-12H2,1-2H3. The van der Waals surface area contributed by atoms with Gasteiger partial charge in [0.1, 0.15) is 0 Å². The van der Waals surface area contributed by atoms with Crippen molar-refractivity contribution in [3.05, 3.63) is 29.8 Å². The minimum absolute atomic E-state index is 0.255. The minimum Gasteiger partial charge on any atom is -0.399 e. The lowest BCUT2D eigenvalue weighted by molar-refractivity contribution is 0.477. The van der Waals surface area contributed by atoms with Gasteiger partial charge in [-0.1, -0.05) is 19.1 Å². The van der Waals surface area contributed by atoms with Gasteiger partial charge in [0.2, 0.25) is 0 Å². The fourth-order valence-electron chi connectivity index (χ4n) is 1.10. The zero-order chi connectivity index (χ0) is 9.19. The number of hydrogen-bond donors (Lipinski definition) is 2. The van der Waals surface area contributed by atoms with E-state index in [1.807, 2.05) is 31.2 Å². The number of nitrogens with two attached hydrogens (primary N) is 2. The lowest BCUT2D eigenvalue weighted by Gasteiger charge is -2.23. The van der Waals surface area contributed by atoms with Crippen molar-refractivity contribution >= 4 is 5.69 Å². The number of hydrogen-bond acceptors (Lipinski definition) is 2. The highest BCUT2D eigenvalue weighted by Crippen LogP contribution is 2.22. The summed E-state index contributed by atoms with van der Waals surface area (Å²) in [5.74, 6) is 0. The van der Waals surface area contributed by atoms with E-state index in [1.54, 1.807) is 0 Å². The van der Waals surface area contributed by atoms with Crippen LogP contribution in [0.15, 0.2) is 24.3 Å². The lowest BCUT2D eigenvalue weighted by atomic mass is 9.90. The molecule has 0 saturated carbocycles. The normalized spacial score (nSPS) is 15.6. The van der Waals surface area contributed by atoms with Crippen LogP contribution in [0.1, 0.15) is 25.8 Å². The summed E-state index contributed by atoms with van der Waals surface area (Å²) in [6.45, 7) is 4.09. The van der Waals surface area contributed by atoms with Crippen molar-refractivity contribution < 1.29 is 0 Å². The molecule has 0 aliphatic heterocycles. The summed E-state index contributed by atoms with van der Waals surface area (Å²) in [5, 5.41) is 0. The van der Waals surface area contributed by atoms with Crippen LogP contribution in [-0.4, -0.2) is 0 Å². The third-order valence-electron chi connectivity index (χ3n) is 2.28. The van der Waals surface area contributed by atoms with Crippen molar-refractivity contribution in [2.45, 2.75) is 25.8 Å². The molecule has 0 spiro atoms. The molecule has 0 radical (unpaired) electrons. The maximum absolute atomic E-state index is 6.05. The van der Waals surface area contributed by atoms with Crippen molar-refractivity contribution in [2.75, 3.05) is 5.73 Å². The van der Waals surface area contributed by atoms with Gasteiger partial charge in [-0.05, 0) is 31.0 Å². The zero-order valence-corrected chi connectivity index (χ0v) is 7.67. The van der Waals surface area contributed by atoms with Gasteiger partial charge in [0.25, 0.3) is 0 Å². The number of benzene rings is 1. The molecule has 1 atom stereocenters. The molecule has 2 heteroatoms. The average molecular weight is 164 g/mol. The monoisotopic (exact) mass is 164 g/mol. The quantitative estimate of drug-likeness (QED) is 0.655. The van der Waals surface area contributed by atoms with Crippen LogP contribution in [0.4, 0.5) is 5.69 Å². The predicted octanol–water partition coefficient (Wildman–Crippen LogP) is 1.85. The second kappa shape index (κ2) is 3.15. The fraction of sp³-hybridized carbons (Fsp3) is 0.400. The first kappa shape index (κ1) is 9.07. The first-order valence-corrected chi connectivity index (χ1v) is 4.21. The molecular weight excluding hydrogens is 148 g/mol. The molecule has 0 fully saturated rings. The van der Waals surface area contributed by atoms with Gasteiger partial charge in [-0.3, -0.25) is 0 Å². The van der Waals surface area contributed by atoms with Crippen molar-refractivity contribution in [2.24, 2.45) is 5.73 Å².